The van der Waals surface area contributed by atoms with Crippen molar-refractivity contribution in [2.45, 2.75) is 33.7 Å². The number of carbonyl (C=O) groups excluding carboxylic acids is 1. The Morgan fingerprint density at radius 2 is 1.76 bits per heavy atom. The number of halogens is 2. The van der Waals surface area contributed by atoms with Crippen molar-refractivity contribution in [2.24, 2.45) is 4.99 Å². The topological polar surface area (TPSA) is 65.6 Å². The Morgan fingerprint density at radius 3 is 2.45 bits per heavy atom. The molecule has 0 amide bonds. The lowest BCUT2D eigenvalue weighted by atomic mass is 9.96. The Kier molecular flexibility index (Phi) is 7.18. The molecule has 0 bridgehead atoms. The van der Waals surface area contributed by atoms with E-state index in [2.05, 4.69) is 9.56 Å². The molecule has 0 aliphatic carbocycles. The third kappa shape index (κ3) is 4.45. The number of allylic oxidation sites excluding steroid dienone is 1. The number of carbonyl (C=O) groups is 1. The molecule has 0 saturated carbocycles. The maximum Gasteiger partial charge on any atom is 0.338 e. The van der Waals surface area contributed by atoms with Gasteiger partial charge in [-0.15, -0.1) is 0 Å². The smallest absolute Gasteiger partial charge is 0.338 e. The molecule has 0 radical (unpaired) electrons. The standard InChI is InChI=1S/C29H25Cl2N3O3S/c1-5-37-28(36)25-17(3)32-29-34(26(25)20-10-6-7-11-21(20)30)27(35)24(38-29)15-19-14-16(2)33(18(19)4)23-13-9-8-12-22(23)31/h6-15,26H,5H2,1-4H3/b24-15-/t26-/m0/s1. The van der Waals surface area contributed by atoms with Gasteiger partial charge in [-0.1, -0.05) is 64.9 Å². The van der Waals surface area contributed by atoms with Crippen LogP contribution in [0.25, 0.3) is 11.8 Å². The summed E-state index contributed by atoms with van der Waals surface area (Å²) in [5.41, 5.74) is 4.89. The van der Waals surface area contributed by atoms with Gasteiger partial charge in [-0.3, -0.25) is 9.36 Å². The van der Waals surface area contributed by atoms with Crippen LogP contribution in [0.4, 0.5) is 0 Å². The van der Waals surface area contributed by atoms with E-state index in [0.29, 0.717) is 36.2 Å². The van der Waals surface area contributed by atoms with Crippen LogP contribution in [-0.2, 0) is 9.53 Å². The summed E-state index contributed by atoms with van der Waals surface area (Å²) in [5, 5.41) is 1.09. The zero-order valence-corrected chi connectivity index (χ0v) is 23.6. The number of hydrogen-bond acceptors (Lipinski definition) is 5. The molecule has 5 rings (SSSR count). The maximum atomic E-state index is 13.9. The lowest BCUT2D eigenvalue weighted by Crippen LogP contribution is -2.40. The van der Waals surface area contributed by atoms with Gasteiger partial charge in [0.2, 0.25) is 0 Å². The number of esters is 1. The second-order valence-corrected chi connectivity index (χ2v) is 10.8. The number of ether oxygens (including phenoxy) is 1. The summed E-state index contributed by atoms with van der Waals surface area (Å²) in [6.45, 7) is 7.70. The normalized spacial score (nSPS) is 15.4. The predicted octanol–water partition coefficient (Wildman–Crippen LogP) is 5.51. The zero-order chi connectivity index (χ0) is 27.1. The fourth-order valence-corrected chi connectivity index (χ4v) is 6.36. The molecule has 2 aromatic carbocycles. The summed E-state index contributed by atoms with van der Waals surface area (Å²) in [7, 11) is 0. The van der Waals surface area contributed by atoms with E-state index in [1.54, 1.807) is 24.5 Å². The van der Waals surface area contributed by atoms with Crippen LogP contribution in [0.15, 0.2) is 75.7 Å². The fourth-order valence-electron chi connectivity index (χ4n) is 4.86. The Bertz CT molecular complexity index is 1800. The van der Waals surface area contributed by atoms with Gasteiger partial charge in [-0.25, -0.2) is 9.79 Å². The Morgan fingerprint density at radius 1 is 1.08 bits per heavy atom. The largest absolute Gasteiger partial charge is 0.463 e. The first kappa shape index (κ1) is 26.2. The minimum Gasteiger partial charge on any atom is -0.463 e. The van der Waals surface area contributed by atoms with E-state index in [4.69, 9.17) is 27.9 Å². The molecule has 0 saturated heterocycles. The van der Waals surface area contributed by atoms with Gasteiger partial charge in [-0.05, 0) is 69.2 Å². The molecule has 6 nitrogen and oxygen atoms in total. The Hall–Kier alpha value is -3.39. The molecule has 1 aliphatic rings. The van der Waals surface area contributed by atoms with Crippen LogP contribution in [0.5, 0.6) is 0 Å². The highest BCUT2D eigenvalue weighted by Crippen LogP contribution is 2.34. The molecule has 194 valence electrons. The van der Waals surface area contributed by atoms with Crippen molar-refractivity contribution >= 4 is 46.6 Å². The van der Waals surface area contributed by atoms with Crippen LogP contribution in [0.3, 0.4) is 0 Å². The number of fused-ring (bicyclic) bond motifs is 1. The van der Waals surface area contributed by atoms with Gasteiger partial charge in [-0.2, -0.15) is 0 Å². The predicted molar refractivity (Wildman–Crippen MR) is 152 cm³/mol. The number of thiazole rings is 1. The molecule has 1 atom stereocenters. The molecule has 0 fully saturated rings. The van der Waals surface area contributed by atoms with Crippen molar-refractivity contribution in [2.75, 3.05) is 6.61 Å². The van der Waals surface area contributed by atoms with Gasteiger partial charge in [0.1, 0.15) is 6.04 Å². The van der Waals surface area contributed by atoms with Gasteiger partial charge in [0.25, 0.3) is 5.56 Å². The molecular weight excluding hydrogens is 541 g/mol. The number of aryl methyl sites for hydroxylation is 1. The quantitative estimate of drug-likeness (QED) is 0.299. The lowest BCUT2D eigenvalue weighted by Gasteiger charge is -2.25. The Labute approximate surface area is 233 Å². The van der Waals surface area contributed by atoms with Gasteiger partial charge >= 0.3 is 5.97 Å². The van der Waals surface area contributed by atoms with Gasteiger partial charge in [0.05, 0.1) is 33.1 Å². The molecule has 4 aromatic rings. The number of benzene rings is 2. The van der Waals surface area contributed by atoms with E-state index in [0.717, 1.165) is 22.6 Å². The fraction of sp³-hybridized carbons (Fsp3) is 0.207. The molecule has 0 N–H and O–H groups in total. The van der Waals surface area contributed by atoms with Crippen LogP contribution in [0, 0.1) is 13.8 Å². The van der Waals surface area contributed by atoms with Gasteiger partial charge in [0, 0.05) is 16.4 Å². The van der Waals surface area contributed by atoms with Crippen LogP contribution in [0.1, 0.15) is 42.4 Å². The van der Waals surface area contributed by atoms with E-state index >= 15 is 0 Å². The third-order valence-corrected chi connectivity index (χ3v) is 8.21. The van der Waals surface area contributed by atoms with E-state index in [9.17, 15) is 9.59 Å². The number of rotatable bonds is 5. The van der Waals surface area contributed by atoms with Crippen LogP contribution in [-0.4, -0.2) is 21.7 Å². The molecule has 9 heteroatoms. The number of nitrogens with zero attached hydrogens (tertiary/aromatic N) is 3. The van der Waals surface area contributed by atoms with E-state index < -0.39 is 12.0 Å². The number of para-hydroxylation sites is 1. The third-order valence-electron chi connectivity index (χ3n) is 6.57. The van der Waals surface area contributed by atoms with E-state index in [1.807, 2.05) is 68.5 Å². The van der Waals surface area contributed by atoms with E-state index in [-0.39, 0.29) is 12.2 Å². The van der Waals surface area contributed by atoms with E-state index in [1.165, 1.54) is 11.3 Å². The highest BCUT2D eigenvalue weighted by molar-refractivity contribution is 7.07. The second kappa shape index (κ2) is 10.4. The highest BCUT2D eigenvalue weighted by atomic mass is 35.5. The Balaban J connectivity index is 1.72. The average molecular weight is 567 g/mol. The lowest BCUT2D eigenvalue weighted by molar-refractivity contribution is -0.139. The van der Waals surface area contributed by atoms with Crippen LogP contribution in [0.2, 0.25) is 10.0 Å². The first-order chi connectivity index (χ1) is 18.2. The van der Waals surface area contributed by atoms with Crippen molar-refractivity contribution in [1.82, 2.24) is 9.13 Å². The monoisotopic (exact) mass is 565 g/mol. The molecular formula is C29H25Cl2N3O3S. The molecule has 3 heterocycles. The number of aromatic nitrogens is 2. The van der Waals surface area contributed by atoms with Crippen LogP contribution >= 0.6 is 34.5 Å². The first-order valence-electron chi connectivity index (χ1n) is 12.1. The summed E-state index contributed by atoms with van der Waals surface area (Å²) in [6.07, 6.45) is 1.87. The van der Waals surface area contributed by atoms with Crippen molar-refractivity contribution in [3.8, 4) is 5.69 Å². The van der Waals surface area contributed by atoms with Crippen LogP contribution < -0.4 is 14.9 Å². The SMILES string of the molecule is CCOC(=O)C1=C(C)N=c2s/c(=C\c3cc(C)n(-c4ccccc4Cl)c3C)c(=O)n2[C@H]1c1ccccc1Cl. The summed E-state index contributed by atoms with van der Waals surface area (Å²) < 4.78 is 9.47. The molecule has 1 aliphatic heterocycles. The summed E-state index contributed by atoms with van der Waals surface area (Å²) in [4.78, 5) is 32.1. The van der Waals surface area contributed by atoms with Crippen molar-refractivity contribution in [1.29, 1.82) is 0 Å². The maximum absolute atomic E-state index is 13.9. The number of hydrogen-bond donors (Lipinski definition) is 0. The van der Waals surface area contributed by atoms with Gasteiger partial charge in [0.15, 0.2) is 4.80 Å². The van der Waals surface area contributed by atoms with Crippen molar-refractivity contribution < 1.29 is 9.53 Å². The van der Waals surface area contributed by atoms with Crippen molar-refractivity contribution in [3.63, 3.8) is 0 Å². The molecule has 0 unspecified atom stereocenters. The second-order valence-electron chi connectivity index (χ2n) is 8.94. The summed E-state index contributed by atoms with van der Waals surface area (Å²) in [6, 6.07) is 16.1. The zero-order valence-electron chi connectivity index (χ0n) is 21.3. The first-order valence-corrected chi connectivity index (χ1v) is 13.7. The summed E-state index contributed by atoms with van der Waals surface area (Å²) in [5.74, 6) is -0.517. The highest BCUT2D eigenvalue weighted by Gasteiger charge is 2.34. The summed E-state index contributed by atoms with van der Waals surface area (Å²) >= 11 is 14.3. The molecule has 38 heavy (non-hydrogen) atoms. The minimum absolute atomic E-state index is 0.205. The van der Waals surface area contributed by atoms with Gasteiger partial charge < -0.3 is 9.30 Å². The van der Waals surface area contributed by atoms with Crippen molar-refractivity contribution in [3.05, 3.63) is 118 Å². The molecule has 0 spiro atoms. The molecule has 2 aromatic heterocycles. The average Bonchev–Trinajstić information content (AvgIpc) is 3.33. The minimum atomic E-state index is -0.753.